The number of thioether (sulfide) groups is 2. The van der Waals surface area contributed by atoms with Gasteiger partial charge in [-0.1, -0.05) is 0 Å². The number of benzene rings is 2. The van der Waals surface area contributed by atoms with Crippen molar-refractivity contribution in [2.24, 2.45) is 0 Å². The summed E-state index contributed by atoms with van der Waals surface area (Å²) >= 11 is 3.35. The van der Waals surface area contributed by atoms with Gasteiger partial charge in [-0.25, -0.2) is 0 Å². The molecule has 0 aliphatic carbocycles. The highest BCUT2D eigenvalue weighted by Gasteiger charge is 2.33. The van der Waals surface area contributed by atoms with Gasteiger partial charge in [0.25, 0.3) is 0 Å². The van der Waals surface area contributed by atoms with Gasteiger partial charge >= 0.3 is 0 Å². The van der Waals surface area contributed by atoms with Crippen molar-refractivity contribution in [3.8, 4) is 34.1 Å². The fourth-order valence-electron chi connectivity index (χ4n) is 4.20. The third-order valence-corrected chi connectivity index (χ3v) is 8.05. The van der Waals surface area contributed by atoms with Crippen LogP contribution in [0.25, 0.3) is 11.1 Å². The lowest BCUT2D eigenvalue weighted by Crippen LogP contribution is -2.29. The van der Waals surface area contributed by atoms with E-state index in [-0.39, 0.29) is 0 Å². The van der Waals surface area contributed by atoms with E-state index in [2.05, 4.69) is 0 Å². The van der Waals surface area contributed by atoms with Crippen molar-refractivity contribution in [3.05, 3.63) is 24.3 Å². The first-order valence-electron chi connectivity index (χ1n) is 12.3. The zero-order valence-electron chi connectivity index (χ0n) is 21.0. The molecule has 11 heteroatoms. The summed E-state index contributed by atoms with van der Waals surface area (Å²) in [5.41, 5.74) is 1.52. The van der Waals surface area contributed by atoms with E-state index in [4.69, 9.17) is 42.6 Å². The van der Waals surface area contributed by atoms with Gasteiger partial charge in [0.05, 0.1) is 99.5 Å². The first kappa shape index (κ1) is 26.7. The maximum absolute atomic E-state index is 6.43. The first-order valence-corrected chi connectivity index (χ1v) is 14.2. The zero-order chi connectivity index (χ0) is 25.5. The topological polar surface area (TPSA) is 83.1 Å². The number of fused-ring (bicyclic) bond motifs is 3. The number of methoxy groups -OCH3 is 2. The molecule has 3 heterocycles. The van der Waals surface area contributed by atoms with Crippen LogP contribution in [0.3, 0.4) is 0 Å². The van der Waals surface area contributed by atoms with Crippen LogP contribution < -0.4 is 18.9 Å². The highest BCUT2D eigenvalue weighted by molar-refractivity contribution is 7.99. The summed E-state index contributed by atoms with van der Waals surface area (Å²) in [6.07, 6.45) is -0.877. The van der Waals surface area contributed by atoms with Gasteiger partial charge in [0.2, 0.25) is 12.6 Å². The van der Waals surface area contributed by atoms with Crippen LogP contribution in [-0.4, -0.2) is 91.2 Å². The van der Waals surface area contributed by atoms with Crippen molar-refractivity contribution < 1.29 is 42.6 Å². The molecule has 0 fully saturated rings. The van der Waals surface area contributed by atoms with E-state index in [1.807, 2.05) is 24.3 Å². The van der Waals surface area contributed by atoms with Crippen molar-refractivity contribution in [1.82, 2.24) is 0 Å². The molecule has 37 heavy (non-hydrogen) atoms. The quantitative estimate of drug-likeness (QED) is 0.540. The van der Waals surface area contributed by atoms with Crippen molar-refractivity contribution in [2.45, 2.75) is 22.4 Å². The molecular weight excluding hydrogens is 520 g/mol. The molecule has 2 aromatic carbocycles. The van der Waals surface area contributed by atoms with E-state index < -0.39 is 12.6 Å². The highest BCUT2D eigenvalue weighted by atomic mass is 32.2. The Hall–Kier alpha value is -1.86. The van der Waals surface area contributed by atoms with Gasteiger partial charge in [-0.05, 0) is 24.3 Å². The molecule has 0 saturated heterocycles. The summed E-state index contributed by atoms with van der Waals surface area (Å²) < 4.78 is 53.3. The average Bonchev–Trinajstić information content (AvgIpc) is 2.93. The lowest BCUT2D eigenvalue weighted by Gasteiger charge is -2.31. The van der Waals surface area contributed by atoms with E-state index in [1.165, 1.54) is 0 Å². The molecule has 3 aliphatic rings. The molecule has 0 N–H and O–H groups in total. The first-order chi connectivity index (χ1) is 18.3. The molecule has 0 saturated carbocycles. The van der Waals surface area contributed by atoms with Gasteiger partial charge in [0.1, 0.15) is 23.0 Å². The van der Waals surface area contributed by atoms with Gasteiger partial charge in [-0.2, -0.15) is 0 Å². The minimum atomic E-state index is -0.439. The summed E-state index contributed by atoms with van der Waals surface area (Å²) in [5, 5.41) is 0. The third-order valence-electron chi connectivity index (χ3n) is 5.91. The lowest BCUT2D eigenvalue weighted by molar-refractivity contribution is -0.0891. The van der Waals surface area contributed by atoms with Crippen molar-refractivity contribution >= 4 is 23.5 Å². The second-order valence-electron chi connectivity index (χ2n) is 8.24. The van der Waals surface area contributed by atoms with Crippen LogP contribution in [0, 0.1) is 0 Å². The normalized spacial score (nSPS) is 23.1. The van der Waals surface area contributed by atoms with Crippen LogP contribution in [0.2, 0.25) is 0 Å². The van der Waals surface area contributed by atoms with Crippen LogP contribution in [0.4, 0.5) is 0 Å². The SMILES string of the molecule is COc1ccc2c3c1-c1c(OC)ccc4c1OC(CS4)OCCOCCOCCOCCOC(CS2)O3. The molecule has 202 valence electrons. The van der Waals surface area contributed by atoms with Crippen molar-refractivity contribution in [1.29, 1.82) is 0 Å². The monoisotopic (exact) mass is 552 g/mol. The van der Waals surface area contributed by atoms with Gasteiger partial charge in [-0.15, -0.1) is 23.5 Å². The van der Waals surface area contributed by atoms with Crippen LogP contribution in [0.15, 0.2) is 34.1 Å². The van der Waals surface area contributed by atoms with Crippen LogP contribution >= 0.6 is 23.5 Å². The molecule has 5 rings (SSSR count). The van der Waals surface area contributed by atoms with Gasteiger partial charge in [-0.3, -0.25) is 0 Å². The molecule has 0 amide bonds. The highest BCUT2D eigenvalue weighted by Crippen LogP contribution is 2.55. The van der Waals surface area contributed by atoms with Crippen molar-refractivity contribution in [3.63, 3.8) is 0 Å². The summed E-state index contributed by atoms with van der Waals surface area (Å²) in [6, 6.07) is 7.91. The van der Waals surface area contributed by atoms with Crippen LogP contribution in [-0.2, 0) is 23.7 Å². The third kappa shape index (κ3) is 6.42. The van der Waals surface area contributed by atoms with Gasteiger partial charge in [0.15, 0.2) is 0 Å². The Morgan fingerprint density at radius 3 is 1.41 bits per heavy atom. The number of ether oxygens (including phenoxy) is 9. The fraction of sp³-hybridized carbons (Fsp3) is 0.538. The molecule has 2 atom stereocenters. The Morgan fingerprint density at radius 2 is 1.00 bits per heavy atom. The largest absolute Gasteiger partial charge is 0.496 e. The molecule has 3 aliphatic heterocycles. The minimum Gasteiger partial charge on any atom is -0.496 e. The summed E-state index contributed by atoms with van der Waals surface area (Å²) in [7, 11) is 3.29. The number of rotatable bonds is 2. The molecule has 4 bridgehead atoms. The second-order valence-corrected chi connectivity index (χ2v) is 10.4. The Morgan fingerprint density at radius 1 is 0.595 bits per heavy atom. The molecule has 2 aromatic rings. The maximum atomic E-state index is 6.43. The van der Waals surface area contributed by atoms with Crippen LogP contribution in [0.1, 0.15) is 0 Å². The molecule has 2 unspecified atom stereocenters. The van der Waals surface area contributed by atoms with Gasteiger partial charge < -0.3 is 42.6 Å². The van der Waals surface area contributed by atoms with E-state index in [1.54, 1.807) is 37.7 Å². The second kappa shape index (κ2) is 13.3. The molecule has 9 nitrogen and oxygen atoms in total. The predicted octanol–water partition coefficient (Wildman–Crippen LogP) is 4.09. The summed E-state index contributed by atoms with van der Waals surface area (Å²) in [6.45, 7) is 3.71. The number of hydrogen-bond donors (Lipinski definition) is 0. The van der Waals surface area contributed by atoms with Crippen LogP contribution in [0.5, 0.6) is 23.0 Å². The van der Waals surface area contributed by atoms with Crippen molar-refractivity contribution in [2.75, 3.05) is 78.6 Å². The predicted molar refractivity (Wildman–Crippen MR) is 140 cm³/mol. The summed E-state index contributed by atoms with van der Waals surface area (Å²) in [4.78, 5) is 1.99. The summed E-state index contributed by atoms with van der Waals surface area (Å²) in [5.74, 6) is 3.98. The van der Waals surface area contributed by atoms with E-state index in [9.17, 15) is 0 Å². The smallest absolute Gasteiger partial charge is 0.209 e. The molecular formula is C26H32O9S2. The van der Waals surface area contributed by atoms with E-state index >= 15 is 0 Å². The maximum Gasteiger partial charge on any atom is 0.209 e. The van der Waals surface area contributed by atoms with E-state index in [0.29, 0.717) is 87.4 Å². The fourth-order valence-corrected chi connectivity index (χ4v) is 6.05. The Balaban J connectivity index is 1.51. The average molecular weight is 553 g/mol. The standard InChI is InChI=1S/C26H32O9S2/c1-27-17-3-5-19-25-23(17)24-18(28-2)4-6-20-26(24)35-22(16-37-20)33-14-12-31-10-8-29-7-9-30-11-13-32-21(34-25)15-36-19/h3-6,21-22H,7-16H2,1-2H3. The Labute approximate surface area is 225 Å². The molecule has 0 spiro atoms. The van der Waals surface area contributed by atoms with Gasteiger partial charge in [0, 0.05) is 0 Å². The molecule has 0 aromatic heterocycles. The Kier molecular flexibility index (Phi) is 9.59. The zero-order valence-corrected chi connectivity index (χ0v) is 22.7. The lowest BCUT2D eigenvalue weighted by atomic mass is 10.0. The molecule has 0 radical (unpaired) electrons. The Bertz CT molecular complexity index is 970. The minimum absolute atomic E-state index is 0.409. The number of hydrogen-bond acceptors (Lipinski definition) is 11. The van der Waals surface area contributed by atoms with E-state index in [0.717, 1.165) is 20.9 Å².